The van der Waals surface area contributed by atoms with Gasteiger partial charge in [-0.2, -0.15) is 0 Å². The number of rotatable bonds is 6. The molecule has 7 aromatic carbocycles. The molecule has 49 heavy (non-hydrogen) atoms. The predicted molar refractivity (Wildman–Crippen MR) is 207 cm³/mol. The van der Waals surface area contributed by atoms with Crippen LogP contribution in [-0.4, -0.2) is 9.13 Å². The van der Waals surface area contributed by atoms with Crippen LogP contribution in [0, 0.1) is 13.8 Å². The molecule has 0 aliphatic carbocycles. The van der Waals surface area contributed by atoms with Crippen LogP contribution in [0.3, 0.4) is 0 Å². The molecule has 3 nitrogen and oxygen atoms in total. The second kappa shape index (κ2) is 11.7. The Hall–Kier alpha value is -6.32. The molecule has 0 saturated carbocycles. The normalized spacial score (nSPS) is 11.5. The zero-order valence-electron chi connectivity index (χ0n) is 27.6. The van der Waals surface area contributed by atoms with E-state index >= 15 is 0 Å². The fraction of sp³-hybridized carbons (Fsp3) is 0.0435. The number of fused-ring (bicyclic) bond motifs is 5. The summed E-state index contributed by atoms with van der Waals surface area (Å²) in [5, 5.41) is 3.70. The topological polar surface area (TPSA) is 13.1 Å². The van der Waals surface area contributed by atoms with Gasteiger partial charge in [-0.05, 0) is 80.1 Å². The molecule has 0 radical (unpaired) electrons. The smallest absolute Gasteiger partial charge is 0.0788 e. The first-order chi connectivity index (χ1) is 24.1. The minimum Gasteiger partial charge on any atom is -0.314 e. The number of benzene rings is 7. The van der Waals surface area contributed by atoms with E-state index in [1.165, 1.54) is 55.0 Å². The Kier molecular flexibility index (Phi) is 6.91. The third-order valence-electron chi connectivity index (χ3n) is 9.65. The van der Waals surface area contributed by atoms with Crippen LogP contribution in [0.25, 0.3) is 55.2 Å². The SMILES string of the molecule is Cc1ccc(N(c2ccc(C)cc2)c2cccc(-n3c4ccccc4c4ccc5c(-c6ccccc6)cn(-c6ccccc6)c5c43)c2)cc1. The molecule has 0 aliphatic rings. The van der Waals surface area contributed by atoms with Crippen molar-refractivity contribution in [3.05, 3.63) is 187 Å². The van der Waals surface area contributed by atoms with Crippen LogP contribution in [0.1, 0.15) is 11.1 Å². The number of anilines is 3. The number of aromatic nitrogens is 2. The van der Waals surface area contributed by atoms with Crippen LogP contribution in [-0.2, 0) is 0 Å². The van der Waals surface area contributed by atoms with Crippen molar-refractivity contribution in [3.63, 3.8) is 0 Å². The summed E-state index contributed by atoms with van der Waals surface area (Å²) >= 11 is 0. The van der Waals surface area contributed by atoms with E-state index < -0.39 is 0 Å². The monoisotopic (exact) mass is 629 g/mol. The molecule has 0 atom stereocenters. The first-order valence-corrected chi connectivity index (χ1v) is 16.9. The summed E-state index contributed by atoms with van der Waals surface area (Å²) in [6, 6.07) is 61.4. The van der Waals surface area contributed by atoms with Gasteiger partial charge in [0.05, 0.1) is 16.6 Å². The second-order valence-electron chi connectivity index (χ2n) is 12.9. The van der Waals surface area contributed by atoms with Crippen molar-refractivity contribution >= 4 is 49.8 Å². The number of hydrogen-bond donors (Lipinski definition) is 0. The van der Waals surface area contributed by atoms with Crippen LogP contribution in [0.5, 0.6) is 0 Å². The van der Waals surface area contributed by atoms with Gasteiger partial charge in [-0.1, -0.05) is 120 Å². The molecular weight excluding hydrogens is 595 g/mol. The van der Waals surface area contributed by atoms with E-state index in [-0.39, 0.29) is 0 Å². The van der Waals surface area contributed by atoms with Crippen LogP contribution in [0.15, 0.2) is 176 Å². The van der Waals surface area contributed by atoms with Crippen LogP contribution >= 0.6 is 0 Å². The molecule has 0 aliphatic heterocycles. The highest BCUT2D eigenvalue weighted by Gasteiger charge is 2.22. The van der Waals surface area contributed by atoms with Gasteiger partial charge in [-0.15, -0.1) is 0 Å². The fourth-order valence-corrected chi connectivity index (χ4v) is 7.28. The molecule has 9 rings (SSSR count). The zero-order valence-corrected chi connectivity index (χ0v) is 27.6. The lowest BCUT2D eigenvalue weighted by molar-refractivity contribution is 1.11. The van der Waals surface area contributed by atoms with Gasteiger partial charge in [0.2, 0.25) is 0 Å². The van der Waals surface area contributed by atoms with Gasteiger partial charge < -0.3 is 14.0 Å². The van der Waals surface area contributed by atoms with E-state index in [0.717, 1.165) is 28.4 Å². The number of aryl methyl sites for hydroxylation is 2. The summed E-state index contributed by atoms with van der Waals surface area (Å²) in [5.41, 5.74) is 14.1. The van der Waals surface area contributed by atoms with Gasteiger partial charge in [0, 0.05) is 56.4 Å². The van der Waals surface area contributed by atoms with E-state index in [0.29, 0.717) is 0 Å². The maximum absolute atomic E-state index is 2.47. The highest BCUT2D eigenvalue weighted by Crippen LogP contribution is 2.43. The molecule has 0 fully saturated rings. The Morgan fingerprint density at radius 3 is 1.71 bits per heavy atom. The maximum Gasteiger partial charge on any atom is 0.0788 e. The van der Waals surface area contributed by atoms with E-state index in [2.05, 4.69) is 204 Å². The molecule has 0 unspecified atom stereocenters. The first kappa shape index (κ1) is 28.9. The third kappa shape index (κ3) is 4.90. The van der Waals surface area contributed by atoms with Crippen LogP contribution in [0.4, 0.5) is 17.1 Å². The Morgan fingerprint density at radius 2 is 1.02 bits per heavy atom. The summed E-state index contributed by atoms with van der Waals surface area (Å²) in [5.74, 6) is 0. The Labute approximate surface area is 286 Å². The standard InChI is InChI=1S/C46H35N3/c1-32-20-24-36(25-21-32)48(37-26-22-33(2)23-27-37)38-16-11-17-39(30-38)49-44-19-10-9-18-40(44)41-28-29-42-43(34-12-5-3-6-13-34)31-47(45(42)46(41)49)35-14-7-4-8-15-35/h3-31H,1-2H3. The van der Waals surface area contributed by atoms with E-state index in [9.17, 15) is 0 Å². The molecule has 0 N–H and O–H groups in total. The van der Waals surface area contributed by atoms with Gasteiger partial charge in [-0.25, -0.2) is 0 Å². The Morgan fingerprint density at radius 1 is 0.429 bits per heavy atom. The summed E-state index contributed by atoms with van der Waals surface area (Å²) in [6.07, 6.45) is 2.31. The van der Waals surface area contributed by atoms with Gasteiger partial charge in [0.15, 0.2) is 0 Å². The lowest BCUT2D eigenvalue weighted by atomic mass is 10.0. The predicted octanol–water partition coefficient (Wildman–Crippen LogP) is 12.5. The number of nitrogens with zero attached hydrogens (tertiary/aromatic N) is 3. The quantitative estimate of drug-likeness (QED) is 0.178. The van der Waals surface area contributed by atoms with Gasteiger partial charge in [-0.3, -0.25) is 0 Å². The van der Waals surface area contributed by atoms with Crippen molar-refractivity contribution in [2.24, 2.45) is 0 Å². The average Bonchev–Trinajstić information content (AvgIpc) is 3.71. The Bertz CT molecular complexity index is 2550. The van der Waals surface area contributed by atoms with Crippen molar-refractivity contribution in [1.82, 2.24) is 9.13 Å². The molecular formula is C46H35N3. The summed E-state index contributed by atoms with van der Waals surface area (Å²) < 4.78 is 4.84. The second-order valence-corrected chi connectivity index (χ2v) is 12.9. The van der Waals surface area contributed by atoms with Crippen LogP contribution in [0.2, 0.25) is 0 Å². The number of para-hydroxylation sites is 2. The third-order valence-corrected chi connectivity index (χ3v) is 9.65. The fourth-order valence-electron chi connectivity index (χ4n) is 7.28. The average molecular weight is 630 g/mol. The largest absolute Gasteiger partial charge is 0.314 e. The zero-order chi connectivity index (χ0) is 32.9. The minimum atomic E-state index is 1.10. The Balaban J connectivity index is 1.35. The van der Waals surface area contributed by atoms with Crippen molar-refractivity contribution in [1.29, 1.82) is 0 Å². The first-order valence-electron chi connectivity index (χ1n) is 16.9. The minimum absolute atomic E-state index is 1.10. The molecule has 9 aromatic rings. The van der Waals surface area contributed by atoms with Crippen LogP contribution < -0.4 is 4.90 Å². The van der Waals surface area contributed by atoms with E-state index in [4.69, 9.17) is 0 Å². The van der Waals surface area contributed by atoms with Crippen molar-refractivity contribution in [3.8, 4) is 22.5 Å². The van der Waals surface area contributed by atoms with Crippen molar-refractivity contribution < 1.29 is 0 Å². The highest BCUT2D eigenvalue weighted by atomic mass is 15.1. The molecule has 0 spiro atoms. The molecule has 2 aromatic heterocycles. The molecule has 3 heteroatoms. The van der Waals surface area contributed by atoms with Crippen molar-refractivity contribution in [2.45, 2.75) is 13.8 Å². The van der Waals surface area contributed by atoms with Gasteiger partial charge in [0.25, 0.3) is 0 Å². The molecule has 0 bridgehead atoms. The summed E-state index contributed by atoms with van der Waals surface area (Å²) in [6.45, 7) is 4.27. The van der Waals surface area contributed by atoms with Gasteiger partial charge >= 0.3 is 0 Å². The summed E-state index contributed by atoms with van der Waals surface area (Å²) in [4.78, 5) is 2.35. The molecule has 0 amide bonds. The highest BCUT2D eigenvalue weighted by molar-refractivity contribution is 6.20. The van der Waals surface area contributed by atoms with E-state index in [1.807, 2.05) is 0 Å². The molecule has 0 saturated heterocycles. The lowest BCUT2D eigenvalue weighted by Crippen LogP contribution is -2.10. The van der Waals surface area contributed by atoms with Gasteiger partial charge in [0.1, 0.15) is 0 Å². The molecule has 2 heterocycles. The lowest BCUT2D eigenvalue weighted by Gasteiger charge is -2.26. The molecule has 234 valence electrons. The summed E-state index contributed by atoms with van der Waals surface area (Å²) in [7, 11) is 0. The maximum atomic E-state index is 2.47. The number of hydrogen-bond acceptors (Lipinski definition) is 1. The van der Waals surface area contributed by atoms with Crippen molar-refractivity contribution in [2.75, 3.05) is 4.90 Å². The van der Waals surface area contributed by atoms with E-state index in [1.54, 1.807) is 0 Å².